The number of Topliss-reactive ketones (excluding diaryl/α,β-unsaturated/α-hetero) is 1. The number of ether oxygens (including phenoxy) is 3. The lowest BCUT2D eigenvalue weighted by Crippen LogP contribution is -2.33. The number of carbonyl (C=O) groups is 2. The Morgan fingerprint density at radius 1 is 1.10 bits per heavy atom. The molecule has 0 aliphatic carbocycles. The van der Waals surface area contributed by atoms with Crippen molar-refractivity contribution >= 4 is 11.8 Å². The zero-order valence-electron chi connectivity index (χ0n) is 17.3. The van der Waals surface area contributed by atoms with Crippen LogP contribution in [-0.4, -0.2) is 40.7 Å². The van der Waals surface area contributed by atoms with Gasteiger partial charge in [-0.05, 0) is 50.2 Å². The van der Waals surface area contributed by atoms with Crippen molar-refractivity contribution in [3.8, 4) is 17.2 Å². The van der Waals surface area contributed by atoms with Gasteiger partial charge in [0.05, 0.1) is 12.1 Å². The van der Waals surface area contributed by atoms with E-state index in [-0.39, 0.29) is 29.8 Å². The first-order chi connectivity index (χ1) is 14.9. The third-order valence-electron chi connectivity index (χ3n) is 5.24. The van der Waals surface area contributed by atoms with Crippen LogP contribution in [0.2, 0.25) is 0 Å². The molecule has 0 spiro atoms. The number of aromatic nitrogens is 1. The van der Waals surface area contributed by atoms with E-state index in [2.05, 4.69) is 0 Å². The maximum Gasteiger partial charge on any atom is 0.338 e. The normalized spacial score (nSPS) is 14.8. The van der Waals surface area contributed by atoms with E-state index in [9.17, 15) is 14.7 Å². The minimum absolute atomic E-state index is 0.0409. The molecule has 4 rings (SSSR count). The molecule has 1 aliphatic heterocycles. The zero-order chi connectivity index (χ0) is 22.0. The van der Waals surface area contributed by atoms with Crippen LogP contribution in [0.15, 0.2) is 54.6 Å². The smallest absolute Gasteiger partial charge is 0.338 e. The van der Waals surface area contributed by atoms with Crippen molar-refractivity contribution in [2.45, 2.75) is 26.5 Å². The number of fused-ring (bicyclic) bond motifs is 1. The summed E-state index contributed by atoms with van der Waals surface area (Å²) < 4.78 is 19.0. The van der Waals surface area contributed by atoms with Gasteiger partial charge in [0, 0.05) is 17.0 Å². The van der Waals surface area contributed by atoms with Gasteiger partial charge >= 0.3 is 5.97 Å². The third-order valence-corrected chi connectivity index (χ3v) is 5.24. The number of aryl methyl sites for hydroxylation is 1. The number of esters is 1. The molecule has 0 unspecified atom stereocenters. The monoisotopic (exact) mass is 421 g/mol. The SMILES string of the molecule is Cc1cc(C(=O)COC(=O)c2cccc(O)c2)c(C)n1C[C@@H]1COc2ccccc2O1. The molecule has 1 aliphatic rings. The summed E-state index contributed by atoms with van der Waals surface area (Å²) in [6.07, 6.45) is -0.189. The first-order valence-corrected chi connectivity index (χ1v) is 9.97. The Hall–Kier alpha value is -3.74. The number of phenolic OH excluding ortho intramolecular Hbond substituents is 1. The van der Waals surface area contributed by atoms with E-state index in [1.807, 2.05) is 42.7 Å². The highest BCUT2D eigenvalue weighted by molar-refractivity contribution is 6.00. The van der Waals surface area contributed by atoms with Crippen LogP contribution in [0.4, 0.5) is 0 Å². The van der Waals surface area contributed by atoms with Gasteiger partial charge in [0.15, 0.2) is 24.2 Å². The molecule has 0 bridgehead atoms. The van der Waals surface area contributed by atoms with Crippen molar-refractivity contribution in [1.29, 1.82) is 0 Å². The summed E-state index contributed by atoms with van der Waals surface area (Å²) in [6.45, 7) is 4.34. The minimum atomic E-state index is -0.663. The summed E-state index contributed by atoms with van der Waals surface area (Å²) in [4.78, 5) is 24.8. The number of hydrogen-bond acceptors (Lipinski definition) is 6. The second-order valence-electron chi connectivity index (χ2n) is 7.44. The number of hydrogen-bond donors (Lipinski definition) is 1. The second-order valence-corrected chi connectivity index (χ2v) is 7.44. The molecule has 31 heavy (non-hydrogen) atoms. The molecule has 0 saturated carbocycles. The van der Waals surface area contributed by atoms with Crippen molar-refractivity contribution in [3.63, 3.8) is 0 Å². The van der Waals surface area contributed by atoms with Crippen molar-refractivity contribution < 1.29 is 28.9 Å². The van der Waals surface area contributed by atoms with E-state index in [1.54, 1.807) is 6.07 Å². The van der Waals surface area contributed by atoms with Gasteiger partial charge in [-0.15, -0.1) is 0 Å². The molecule has 0 fully saturated rings. The van der Waals surface area contributed by atoms with Crippen molar-refractivity contribution in [2.24, 2.45) is 0 Å². The lowest BCUT2D eigenvalue weighted by atomic mass is 10.1. The summed E-state index contributed by atoms with van der Waals surface area (Å²) in [5.41, 5.74) is 2.37. The fourth-order valence-corrected chi connectivity index (χ4v) is 3.65. The van der Waals surface area contributed by atoms with Crippen LogP contribution in [0, 0.1) is 13.8 Å². The molecular weight excluding hydrogens is 398 g/mol. The highest BCUT2D eigenvalue weighted by Gasteiger charge is 2.24. The Balaban J connectivity index is 1.42. The summed E-state index contributed by atoms with van der Waals surface area (Å²) in [6, 6.07) is 15.1. The van der Waals surface area contributed by atoms with Crippen LogP contribution in [0.3, 0.4) is 0 Å². The fraction of sp³-hybridized carbons (Fsp3) is 0.250. The molecule has 1 N–H and O–H groups in total. The van der Waals surface area contributed by atoms with Gasteiger partial charge in [-0.3, -0.25) is 4.79 Å². The Morgan fingerprint density at radius 3 is 2.65 bits per heavy atom. The second kappa shape index (κ2) is 8.55. The van der Waals surface area contributed by atoms with E-state index in [4.69, 9.17) is 14.2 Å². The Bertz CT molecular complexity index is 1130. The summed E-state index contributed by atoms with van der Waals surface area (Å²) >= 11 is 0. The molecule has 7 heteroatoms. The average Bonchev–Trinajstić information content (AvgIpc) is 3.05. The highest BCUT2D eigenvalue weighted by Crippen LogP contribution is 2.31. The number of aromatic hydroxyl groups is 1. The molecular formula is C24H23NO6. The van der Waals surface area contributed by atoms with Crippen LogP contribution in [0.25, 0.3) is 0 Å². The third kappa shape index (κ3) is 4.40. The van der Waals surface area contributed by atoms with E-state index >= 15 is 0 Å². The summed E-state index contributed by atoms with van der Waals surface area (Å²) in [7, 11) is 0. The first kappa shape index (κ1) is 20.5. The minimum Gasteiger partial charge on any atom is -0.508 e. The number of phenols is 1. The summed E-state index contributed by atoms with van der Waals surface area (Å²) in [5.74, 6) is 0.435. The van der Waals surface area contributed by atoms with Gasteiger partial charge in [0.2, 0.25) is 5.78 Å². The van der Waals surface area contributed by atoms with Crippen LogP contribution in [-0.2, 0) is 11.3 Å². The number of benzene rings is 2. The van der Waals surface area contributed by atoms with Gasteiger partial charge < -0.3 is 23.9 Å². The van der Waals surface area contributed by atoms with Crippen molar-refractivity contribution in [2.75, 3.05) is 13.2 Å². The van der Waals surface area contributed by atoms with Crippen LogP contribution in [0.1, 0.15) is 32.1 Å². The topological polar surface area (TPSA) is 87.0 Å². The van der Waals surface area contributed by atoms with Gasteiger partial charge in [0.1, 0.15) is 12.4 Å². The lowest BCUT2D eigenvalue weighted by molar-refractivity contribution is 0.0474. The highest BCUT2D eigenvalue weighted by atomic mass is 16.6. The molecule has 2 heterocycles. The Labute approximate surface area is 179 Å². The van der Waals surface area contributed by atoms with Gasteiger partial charge in [-0.2, -0.15) is 0 Å². The molecule has 3 aromatic rings. The predicted molar refractivity (Wildman–Crippen MR) is 113 cm³/mol. The maximum absolute atomic E-state index is 12.7. The van der Waals surface area contributed by atoms with Gasteiger partial charge in [0.25, 0.3) is 0 Å². The molecule has 1 aromatic heterocycles. The number of carbonyl (C=O) groups excluding carboxylic acids is 2. The molecule has 1 atom stereocenters. The fourth-order valence-electron chi connectivity index (χ4n) is 3.65. The van der Waals surface area contributed by atoms with Crippen LogP contribution < -0.4 is 9.47 Å². The van der Waals surface area contributed by atoms with Crippen LogP contribution in [0.5, 0.6) is 17.2 Å². The van der Waals surface area contributed by atoms with Crippen molar-refractivity contribution in [3.05, 3.63) is 77.1 Å². The average molecular weight is 421 g/mol. The van der Waals surface area contributed by atoms with Gasteiger partial charge in [-0.1, -0.05) is 18.2 Å². The van der Waals surface area contributed by atoms with E-state index in [0.717, 1.165) is 17.1 Å². The van der Waals surface area contributed by atoms with E-state index in [1.165, 1.54) is 24.3 Å². The molecule has 7 nitrogen and oxygen atoms in total. The predicted octanol–water partition coefficient (Wildman–Crippen LogP) is 3.69. The lowest BCUT2D eigenvalue weighted by Gasteiger charge is -2.27. The number of rotatable bonds is 6. The van der Waals surface area contributed by atoms with Crippen molar-refractivity contribution in [1.82, 2.24) is 4.57 Å². The summed E-state index contributed by atoms with van der Waals surface area (Å²) in [5, 5.41) is 9.48. The number of ketones is 1. The Kier molecular flexibility index (Phi) is 5.66. The quantitative estimate of drug-likeness (QED) is 0.483. The molecule has 160 valence electrons. The van der Waals surface area contributed by atoms with Crippen LogP contribution >= 0.6 is 0 Å². The standard InChI is InChI=1S/C24H23NO6/c1-15-10-20(21(27)14-30-24(28)17-6-5-7-18(26)11-17)16(2)25(15)12-19-13-29-22-8-3-4-9-23(22)31-19/h3-11,19,26H,12-14H2,1-2H3/t19-/m1/s1. The molecule has 0 amide bonds. The number of para-hydroxylation sites is 2. The van der Waals surface area contributed by atoms with E-state index in [0.29, 0.717) is 24.5 Å². The molecule has 0 saturated heterocycles. The Morgan fingerprint density at radius 2 is 1.87 bits per heavy atom. The zero-order valence-corrected chi connectivity index (χ0v) is 17.3. The largest absolute Gasteiger partial charge is 0.508 e. The van der Waals surface area contributed by atoms with E-state index < -0.39 is 5.97 Å². The van der Waals surface area contributed by atoms with Gasteiger partial charge in [-0.25, -0.2) is 4.79 Å². The molecule has 0 radical (unpaired) electrons. The maximum atomic E-state index is 12.7. The molecule has 2 aromatic carbocycles. The number of nitrogens with zero attached hydrogens (tertiary/aromatic N) is 1. The first-order valence-electron chi connectivity index (χ1n) is 9.97.